The Labute approximate surface area is 275 Å². The van der Waals surface area contributed by atoms with Gasteiger partial charge in [-0.2, -0.15) is 0 Å². The number of benzene rings is 3. The molecule has 0 bridgehead atoms. The lowest BCUT2D eigenvalue weighted by Crippen LogP contribution is -2.64. The standard InChI is InChI=1S/C37H47NO7Si/c1-34(2,3)46-45-37(26-12-8-6-9-13-26,27-14-10-7-11-15-27)33-36(39,19-18-29(43-33)23-30-24-42-35(4,5)44-30)25-38-28-16-17-31-32(22-28)41-21-20-40-31/h6-17,22,29-30,33,38-39H,18-21,23-25H2,1-5H3/t29-,30?,33+,36+/m0/s1. The predicted octanol–water partition coefficient (Wildman–Crippen LogP) is 6.49. The second-order valence-corrected chi connectivity index (χ2v) is 16.0. The number of nitrogens with one attached hydrogen (secondary N) is 1. The van der Waals surface area contributed by atoms with Gasteiger partial charge in [0.1, 0.15) is 30.5 Å². The van der Waals surface area contributed by atoms with Crippen LogP contribution in [0.3, 0.4) is 0 Å². The number of rotatable bonds is 10. The van der Waals surface area contributed by atoms with Crippen molar-refractivity contribution in [1.29, 1.82) is 0 Å². The van der Waals surface area contributed by atoms with E-state index in [1.54, 1.807) is 0 Å². The molecule has 3 aliphatic rings. The van der Waals surface area contributed by atoms with Gasteiger partial charge in [0.25, 0.3) is 0 Å². The van der Waals surface area contributed by atoms with E-state index in [9.17, 15) is 5.11 Å². The molecule has 1 unspecified atom stereocenters. The number of hydrogen-bond acceptors (Lipinski definition) is 8. The zero-order valence-electron chi connectivity index (χ0n) is 27.6. The molecule has 0 amide bonds. The van der Waals surface area contributed by atoms with Crippen LogP contribution in [0, 0.1) is 0 Å². The van der Waals surface area contributed by atoms with Gasteiger partial charge in [-0.25, -0.2) is 0 Å². The summed E-state index contributed by atoms with van der Waals surface area (Å²) < 4.78 is 38.0. The number of ether oxygens (including phenoxy) is 5. The topological polar surface area (TPSA) is 87.6 Å². The number of fused-ring (bicyclic) bond motifs is 1. The molecule has 9 heteroatoms. The highest BCUT2D eigenvalue weighted by Gasteiger charge is 2.57. The molecular formula is C37H47NO7Si. The van der Waals surface area contributed by atoms with Crippen LogP contribution in [0.1, 0.15) is 65.0 Å². The van der Waals surface area contributed by atoms with Crippen molar-refractivity contribution in [3.8, 4) is 11.5 Å². The first-order chi connectivity index (χ1) is 22.0. The monoisotopic (exact) mass is 645 g/mol. The largest absolute Gasteiger partial charge is 0.486 e. The molecule has 8 nitrogen and oxygen atoms in total. The lowest BCUT2D eigenvalue weighted by atomic mass is 9.71. The number of anilines is 1. The Morgan fingerprint density at radius 3 is 2.15 bits per heavy atom. The Bertz CT molecular complexity index is 1410. The van der Waals surface area contributed by atoms with Crippen LogP contribution in [-0.2, 0) is 24.2 Å². The summed E-state index contributed by atoms with van der Waals surface area (Å²) in [6.45, 7) is 12.2. The quantitative estimate of drug-likeness (QED) is 0.242. The molecule has 6 rings (SSSR count). The molecule has 2 fully saturated rings. The highest BCUT2D eigenvalue weighted by Crippen LogP contribution is 2.48. The summed E-state index contributed by atoms with van der Waals surface area (Å²) in [5, 5.41) is 16.3. The molecule has 3 aromatic rings. The third-order valence-electron chi connectivity index (χ3n) is 8.74. The molecule has 246 valence electrons. The van der Waals surface area contributed by atoms with Gasteiger partial charge < -0.3 is 38.5 Å². The van der Waals surface area contributed by atoms with Crippen molar-refractivity contribution < 1.29 is 33.2 Å². The van der Waals surface area contributed by atoms with Gasteiger partial charge in [0, 0.05) is 24.7 Å². The fourth-order valence-corrected chi connectivity index (χ4v) is 7.39. The molecule has 46 heavy (non-hydrogen) atoms. The minimum Gasteiger partial charge on any atom is -0.486 e. The van der Waals surface area contributed by atoms with Gasteiger partial charge in [0.05, 0.1) is 18.8 Å². The number of hydrogen-bond donors (Lipinski definition) is 2. The molecule has 4 atom stereocenters. The molecule has 2 saturated heterocycles. The molecule has 3 heterocycles. The first kappa shape index (κ1) is 33.0. The van der Waals surface area contributed by atoms with E-state index in [4.69, 9.17) is 28.1 Å². The Hall–Kier alpha value is -2.92. The Morgan fingerprint density at radius 2 is 1.54 bits per heavy atom. The zero-order chi connectivity index (χ0) is 32.4. The summed E-state index contributed by atoms with van der Waals surface area (Å²) in [5.74, 6) is 0.795. The SMILES string of the molecule is CC1(C)OCC(C[C@@H]2CC[C@@](O)(CNc3ccc4c(c3)OCCO4)[C@H](C(O[Si]C(C)(C)C)(c3ccccc3)c3ccccc3)O2)O1. The lowest BCUT2D eigenvalue weighted by Gasteiger charge is -2.53. The van der Waals surface area contributed by atoms with Gasteiger partial charge >= 0.3 is 0 Å². The molecule has 0 aromatic heterocycles. The number of aliphatic hydroxyl groups is 1. The third kappa shape index (κ3) is 7.30. The average Bonchev–Trinajstić information content (AvgIpc) is 3.40. The molecule has 0 spiro atoms. The molecule has 3 aliphatic heterocycles. The second kappa shape index (κ2) is 13.3. The van der Waals surface area contributed by atoms with Crippen LogP contribution in [0.2, 0.25) is 5.04 Å². The van der Waals surface area contributed by atoms with Crippen LogP contribution in [-0.4, -0.2) is 70.9 Å². The van der Waals surface area contributed by atoms with Crippen LogP contribution < -0.4 is 14.8 Å². The molecular weight excluding hydrogens is 598 g/mol. The van der Waals surface area contributed by atoms with Crippen molar-refractivity contribution in [3.05, 3.63) is 90.0 Å². The van der Waals surface area contributed by atoms with E-state index in [2.05, 4.69) is 50.4 Å². The van der Waals surface area contributed by atoms with Crippen LogP contribution in [0.15, 0.2) is 78.9 Å². The van der Waals surface area contributed by atoms with Crippen LogP contribution in [0.4, 0.5) is 5.69 Å². The second-order valence-electron chi connectivity index (χ2n) is 14.1. The van der Waals surface area contributed by atoms with Crippen LogP contribution in [0.25, 0.3) is 0 Å². The molecule has 3 aromatic carbocycles. The first-order valence-corrected chi connectivity index (χ1v) is 17.3. The summed E-state index contributed by atoms with van der Waals surface area (Å²) in [6.07, 6.45) is 0.793. The van der Waals surface area contributed by atoms with Gasteiger partial charge in [0.15, 0.2) is 17.3 Å². The van der Waals surface area contributed by atoms with Crippen LogP contribution in [0.5, 0.6) is 11.5 Å². The van der Waals surface area contributed by atoms with Crippen molar-refractivity contribution >= 4 is 15.5 Å². The Morgan fingerprint density at radius 1 is 0.891 bits per heavy atom. The van der Waals surface area contributed by atoms with Crippen molar-refractivity contribution in [1.82, 2.24) is 0 Å². The zero-order valence-corrected chi connectivity index (χ0v) is 28.6. The van der Waals surface area contributed by atoms with Crippen molar-refractivity contribution in [2.45, 2.75) is 94.2 Å². The minimum absolute atomic E-state index is 0.0945. The summed E-state index contributed by atoms with van der Waals surface area (Å²) in [5.41, 5.74) is 0.276. The van der Waals surface area contributed by atoms with E-state index in [0.717, 1.165) is 22.6 Å². The maximum Gasteiger partial charge on any atom is 0.237 e. The predicted molar refractivity (Wildman–Crippen MR) is 179 cm³/mol. The summed E-state index contributed by atoms with van der Waals surface area (Å²) in [4.78, 5) is 0. The third-order valence-corrected chi connectivity index (χ3v) is 9.78. The van der Waals surface area contributed by atoms with Gasteiger partial charge in [-0.1, -0.05) is 81.4 Å². The maximum absolute atomic E-state index is 12.9. The van der Waals surface area contributed by atoms with E-state index in [-0.39, 0.29) is 33.6 Å². The molecule has 0 aliphatic carbocycles. The fourth-order valence-electron chi connectivity index (χ4n) is 6.58. The summed E-state index contributed by atoms with van der Waals surface area (Å²) in [6, 6.07) is 26.2. The van der Waals surface area contributed by atoms with E-state index >= 15 is 0 Å². The lowest BCUT2D eigenvalue weighted by molar-refractivity contribution is -0.230. The van der Waals surface area contributed by atoms with Crippen molar-refractivity contribution in [2.75, 3.05) is 31.7 Å². The van der Waals surface area contributed by atoms with E-state index in [1.807, 2.05) is 68.4 Å². The highest BCUT2D eigenvalue weighted by molar-refractivity contribution is 6.32. The van der Waals surface area contributed by atoms with Gasteiger partial charge in [-0.3, -0.25) is 0 Å². The van der Waals surface area contributed by atoms with Crippen molar-refractivity contribution in [2.24, 2.45) is 0 Å². The Kier molecular flexibility index (Phi) is 9.54. The smallest absolute Gasteiger partial charge is 0.237 e. The van der Waals surface area contributed by atoms with E-state index in [0.29, 0.717) is 44.8 Å². The average molecular weight is 646 g/mol. The maximum atomic E-state index is 12.9. The Balaban J connectivity index is 1.41. The van der Waals surface area contributed by atoms with Gasteiger partial charge in [-0.15, -0.1) is 0 Å². The van der Waals surface area contributed by atoms with E-state index < -0.39 is 23.1 Å². The fraction of sp³-hybridized carbons (Fsp3) is 0.514. The molecule has 2 radical (unpaired) electrons. The summed E-state index contributed by atoms with van der Waals surface area (Å²) >= 11 is 0. The van der Waals surface area contributed by atoms with Crippen molar-refractivity contribution in [3.63, 3.8) is 0 Å². The molecule has 2 N–H and O–H groups in total. The molecule has 0 saturated carbocycles. The van der Waals surface area contributed by atoms with Gasteiger partial charge in [-0.05, 0) is 55.0 Å². The van der Waals surface area contributed by atoms with Crippen LogP contribution >= 0.6 is 0 Å². The normalized spacial score (nSPS) is 26.1. The first-order valence-electron chi connectivity index (χ1n) is 16.4. The van der Waals surface area contributed by atoms with E-state index in [1.165, 1.54) is 0 Å². The minimum atomic E-state index is -1.32. The van der Waals surface area contributed by atoms with Gasteiger partial charge in [0.2, 0.25) is 9.76 Å². The highest BCUT2D eigenvalue weighted by atomic mass is 28.2. The summed E-state index contributed by atoms with van der Waals surface area (Å²) in [7, 11) is 0.126.